The molecular formula is C9H11N3O4. The van der Waals surface area contributed by atoms with E-state index < -0.39 is 18.5 Å². The molecule has 16 heavy (non-hydrogen) atoms. The van der Waals surface area contributed by atoms with E-state index in [0.29, 0.717) is 11.3 Å². The van der Waals surface area contributed by atoms with Crippen LogP contribution in [-0.4, -0.2) is 28.6 Å². The molecule has 0 saturated heterocycles. The number of hydrogen-bond acceptors (Lipinski definition) is 5. The lowest BCUT2D eigenvalue weighted by molar-refractivity contribution is -0.144. The number of carboxylic acid groups (broad SMARTS) is 1. The number of nitrogens with zero attached hydrogens (tertiary/aromatic N) is 1. The van der Waals surface area contributed by atoms with Gasteiger partial charge in [-0.15, -0.1) is 0 Å². The monoisotopic (exact) mass is 225 g/mol. The predicted molar refractivity (Wildman–Crippen MR) is 53.2 cm³/mol. The second kappa shape index (κ2) is 5.79. The molecule has 1 aromatic heterocycles. The number of nitrogens with one attached hydrogen (secondary N) is 1. The van der Waals surface area contributed by atoms with E-state index in [9.17, 15) is 9.59 Å². The smallest absolute Gasteiger partial charge is 0.332 e. The molecule has 0 unspecified atom stereocenters. The predicted octanol–water partition coefficient (Wildman–Crippen LogP) is -0.714. The van der Waals surface area contributed by atoms with Crippen LogP contribution in [0.25, 0.3) is 0 Å². The Hall–Kier alpha value is -1.99. The lowest BCUT2D eigenvalue weighted by Gasteiger charge is -2.04. The summed E-state index contributed by atoms with van der Waals surface area (Å²) in [5, 5.41) is 8.28. The number of aromatic nitrogens is 1. The van der Waals surface area contributed by atoms with Crippen molar-refractivity contribution in [3.8, 4) is 0 Å². The van der Waals surface area contributed by atoms with Gasteiger partial charge in [-0.25, -0.2) is 10.3 Å². The minimum absolute atomic E-state index is 0.219. The topological polar surface area (TPSA) is 115 Å². The number of aliphatic carboxylic acids is 1. The maximum absolute atomic E-state index is 11.4. The number of rotatable bonds is 5. The summed E-state index contributed by atoms with van der Waals surface area (Å²) in [7, 11) is 0. The largest absolute Gasteiger partial charge is 0.479 e. The van der Waals surface area contributed by atoms with Gasteiger partial charge in [0, 0.05) is 18.3 Å². The van der Waals surface area contributed by atoms with Crippen LogP contribution in [0.3, 0.4) is 0 Å². The third-order valence-electron chi connectivity index (χ3n) is 1.65. The van der Waals surface area contributed by atoms with E-state index in [1.807, 2.05) is 5.48 Å². The summed E-state index contributed by atoms with van der Waals surface area (Å²) in [5.74, 6) is -1.71. The Morgan fingerprint density at radius 1 is 1.56 bits per heavy atom. The first-order chi connectivity index (χ1) is 7.63. The van der Waals surface area contributed by atoms with Crippen LogP contribution in [0.4, 0.5) is 0 Å². The molecule has 0 aromatic carbocycles. The van der Waals surface area contributed by atoms with Gasteiger partial charge in [-0.3, -0.25) is 14.6 Å². The van der Waals surface area contributed by atoms with Gasteiger partial charge in [-0.05, 0) is 12.1 Å². The molecule has 86 valence electrons. The van der Waals surface area contributed by atoms with Gasteiger partial charge in [0.15, 0.2) is 6.61 Å². The number of hydroxylamine groups is 1. The second-order valence-electron chi connectivity index (χ2n) is 2.85. The molecule has 1 amide bonds. The number of amides is 1. The summed E-state index contributed by atoms with van der Waals surface area (Å²) in [6, 6.07) is 2.97. The van der Waals surface area contributed by atoms with E-state index >= 15 is 0 Å². The molecule has 0 atom stereocenters. The molecule has 0 aliphatic heterocycles. The van der Waals surface area contributed by atoms with Crippen LogP contribution in [-0.2, 0) is 16.2 Å². The third-order valence-corrected chi connectivity index (χ3v) is 1.65. The Kier molecular flexibility index (Phi) is 4.37. The fourth-order valence-electron chi connectivity index (χ4n) is 0.953. The van der Waals surface area contributed by atoms with Crippen molar-refractivity contribution in [3.05, 3.63) is 29.6 Å². The Morgan fingerprint density at radius 3 is 2.94 bits per heavy atom. The number of carboxylic acids is 1. The van der Waals surface area contributed by atoms with Crippen LogP contribution in [0.2, 0.25) is 0 Å². The third kappa shape index (κ3) is 3.64. The molecular weight excluding hydrogens is 214 g/mol. The Balaban J connectivity index is 2.55. The zero-order valence-corrected chi connectivity index (χ0v) is 8.34. The first-order valence-corrected chi connectivity index (χ1v) is 4.42. The van der Waals surface area contributed by atoms with E-state index in [1.165, 1.54) is 18.3 Å². The molecule has 0 spiro atoms. The van der Waals surface area contributed by atoms with Crippen molar-refractivity contribution in [1.82, 2.24) is 10.5 Å². The summed E-state index contributed by atoms with van der Waals surface area (Å²) < 4.78 is 0. The fraction of sp³-hybridized carbons (Fsp3) is 0.222. The van der Waals surface area contributed by atoms with Gasteiger partial charge in [-0.1, -0.05) is 0 Å². The zero-order valence-electron chi connectivity index (χ0n) is 8.34. The normalized spacial score (nSPS) is 9.81. The zero-order chi connectivity index (χ0) is 12.0. The first kappa shape index (κ1) is 12.1. The minimum Gasteiger partial charge on any atom is -0.479 e. The van der Waals surface area contributed by atoms with Gasteiger partial charge in [0.1, 0.15) is 0 Å². The van der Waals surface area contributed by atoms with Crippen molar-refractivity contribution in [2.75, 3.05) is 6.61 Å². The van der Waals surface area contributed by atoms with Crippen LogP contribution in [0, 0.1) is 0 Å². The van der Waals surface area contributed by atoms with Crippen molar-refractivity contribution < 1.29 is 19.5 Å². The number of hydrogen-bond donors (Lipinski definition) is 3. The fourth-order valence-corrected chi connectivity index (χ4v) is 0.953. The molecule has 0 saturated carbocycles. The summed E-state index contributed by atoms with van der Waals surface area (Å²) >= 11 is 0. The number of carbonyl (C=O) groups excluding carboxylic acids is 1. The average molecular weight is 225 g/mol. The minimum atomic E-state index is -1.17. The number of pyridine rings is 1. The highest BCUT2D eigenvalue weighted by atomic mass is 16.7. The second-order valence-corrected chi connectivity index (χ2v) is 2.85. The number of carbonyl (C=O) groups is 2. The molecule has 1 heterocycles. The number of nitrogens with two attached hydrogens (primary N) is 1. The van der Waals surface area contributed by atoms with Crippen LogP contribution in [0.5, 0.6) is 0 Å². The summed E-state index contributed by atoms with van der Waals surface area (Å²) in [6.45, 7) is -0.377. The quantitative estimate of drug-likeness (QED) is 0.570. The highest BCUT2D eigenvalue weighted by Gasteiger charge is 2.07. The molecule has 0 aliphatic rings. The highest BCUT2D eigenvalue weighted by molar-refractivity contribution is 5.93. The van der Waals surface area contributed by atoms with Crippen LogP contribution in [0.1, 0.15) is 16.1 Å². The van der Waals surface area contributed by atoms with Crippen LogP contribution < -0.4 is 11.2 Å². The van der Waals surface area contributed by atoms with E-state index in [0.717, 1.165) is 0 Å². The van der Waals surface area contributed by atoms with Crippen LogP contribution in [0.15, 0.2) is 18.3 Å². The van der Waals surface area contributed by atoms with Crippen molar-refractivity contribution >= 4 is 11.9 Å². The van der Waals surface area contributed by atoms with Crippen molar-refractivity contribution in [3.63, 3.8) is 0 Å². The molecule has 7 heteroatoms. The van der Waals surface area contributed by atoms with Gasteiger partial charge in [0.2, 0.25) is 0 Å². The molecule has 7 nitrogen and oxygen atoms in total. The van der Waals surface area contributed by atoms with Gasteiger partial charge in [0.25, 0.3) is 5.91 Å². The summed E-state index contributed by atoms with van der Waals surface area (Å²) in [4.78, 5) is 29.9. The van der Waals surface area contributed by atoms with Crippen molar-refractivity contribution in [1.29, 1.82) is 0 Å². The SMILES string of the molecule is NCc1cc(C(=O)NOCC(=O)O)ccn1. The molecule has 0 aliphatic carbocycles. The molecule has 1 aromatic rings. The van der Waals surface area contributed by atoms with E-state index in [1.54, 1.807) is 0 Å². The Labute approximate surface area is 91.2 Å². The van der Waals surface area contributed by atoms with E-state index in [-0.39, 0.29) is 6.54 Å². The first-order valence-electron chi connectivity index (χ1n) is 4.42. The average Bonchev–Trinajstić information content (AvgIpc) is 2.28. The maximum Gasteiger partial charge on any atom is 0.332 e. The lowest BCUT2D eigenvalue weighted by Crippen LogP contribution is -2.26. The van der Waals surface area contributed by atoms with Crippen molar-refractivity contribution in [2.24, 2.45) is 5.73 Å². The Bertz CT molecular complexity index is 394. The van der Waals surface area contributed by atoms with Gasteiger partial charge in [0.05, 0.1) is 5.69 Å². The lowest BCUT2D eigenvalue weighted by atomic mass is 10.2. The summed E-state index contributed by atoms with van der Waals surface area (Å²) in [6.07, 6.45) is 1.44. The Morgan fingerprint density at radius 2 is 2.31 bits per heavy atom. The summed E-state index contributed by atoms with van der Waals surface area (Å²) in [5.41, 5.74) is 8.22. The highest BCUT2D eigenvalue weighted by Crippen LogP contribution is 2.00. The van der Waals surface area contributed by atoms with Gasteiger partial charge < -0.3 is 10.8 Å². The molecule has 0 bridgehead atoms. The van der Waals surface area contributed by atoms with Gasteiger partial charge in [-0.2, -0.15) is 0 Å². The molecule has 0 fully saturated rings. The van der Waals surface area contributed by atoms with Crippen LogP contribution >= 0.6 is 0 Å². The van der Waals surface area contributed by atoms with Gasteiger partial charge >= 0.3 is 5.97 Å². The molecule has 1 rings (SSSR count). The standard InChI is InChI=1S/C9H11N3O4/c10-4-7-3-6(1-2-11-7)9(15)12-16-5-8(13)14/h1-3H,4-5,10H2,(H,12,15)(H,13,14). The maximum atomic E-state index is 11.4. The van der Waals surface area contributed by atoms with E-state index in [4.69, 9.17) is 10.8 Å². The molecule has 4 N–H and O–H groups in total. The van der Waals surface area contributed by atoms with E-state index in [2.05, 4.69) is 9.82 Å². The van der Waals surface area contributed by atoms with Crippen molar-refractivity contribution in [2.45, 2.75) is 6.54 Å². The molecule has 0 radical (unpaired) electrons.